The number of nitrogens with zero attached hydrogens (tertiary/aromatic N) is 1. The second-order valence-corrected chi connectivity index (χ2v) is 8.97. The highest BCUT2D eigenvalue weighted by Crippen LogP contribution is 2.63. The van der Waals surface area contributed by atoms with Gasteiger partial charge in [0.05, 0.1) is 7.11 Å². The van der Waals surface area contributed by atoms with E-state index in [2.05, 4.69) is 46.7 Å². The predicted octanol–water partition coefficient (Wildman–Crippen LogP) is 2.68. The summed E-state index contributed by atoms with van der Waals surface area (Å²) in [7, 11) is 3.91. The molecule has 1 aromatic carbocycles. The van der Waals surface area contributed by atoms with Gasteiger partial charge in [0.2, 0.25) is 0 Å². The third-order valence-electron chi connectivity index (χ3n) is 6.71. The Kier molecular flexibility index (Phi) is 3.64. The molecule has 1 fully saturated rings. The third-order valence-corrected chi connectivity index (χ3v) is 7.67. The minimum atomic E-state index is -0.353. The molecule has 5 nitrogen and oxygen atoms in total. The standard InChI is InChI=1S/C20H22INO4/c1-10(23)25-15-5-4-12-14-8-11-13(21)9-16(24-3)18-17(11)20(12,19(15)26-18)6-7-22(14)2/h4-5,9,12,14-15,19H,6-8H2,1-3H3. The summed E-state index contributed by atoms with van der Waals surface area (Å²) in [6.45, 7) is 2.49. The van der Waals surface area contributed by atoms with Crippen molar-refractivity contribution in [3.8, 4) is 11.5 Å². The minimum Gasteiger partial charge on any atom is -0.493 e. The van der Waals surface area contributed by atoms with Crippen LogP contribution in [0, 0.1) is 9.49 Å². The molecule has 6 heteroatoms. The van der Waals surface area contributed by atoms with Gasteiger partial charge in [0, 0.05) is 33.4 Å². The van der Waals surface area contributed by atoms with Gasteiger partial charge < -0.3 is 19.1 Å². The van der Waals surface area contributed by atoms with Gasteiger partial charge in [-0.25, -0.2) is 0 Å². The Hall–Kier alpha value is -1.28. The number of esters is 1. The van der Waals surface area contributed by atoms with Crippen LogP contribution < -0.4 is 9.47 Å². The molecule has 1 spiro atoms. The lowest BCUT2D eigenvalue weighted by molar-refractivity contribution is -0.152. The zero-order valence-electron chi connectivity index (χ0n) is 15.1. The lowest BCUT2D eigenvalue weighted by Crippen LogP contribution is -2.65. The van der Waals surface area contributed by atoms with Crippen molar-refractivity contribution in [2.45, 2.75) is 43.4 Å². The SMILES string of the molecule is COc1cc(I)c2c3c1OC1C(OC(C)=O)C=CC4C(C2)N(C)CCC341. The second kappa shape index (κ2) is 5.61. The second-order valence-electron chi connectivity index (χ2n) is 7.81. The molecule has 1 saturated heterocycles. The fraction of sp³-hybridized carbons (Fsp3) is 0.550. The summed E-state index contributed by atoms with van der Waals surface area (Å²) in [5.41, 5.74) is 2.55. The van der Waals surface area contributed by atoms with Crippen LogP contribution in [0.15, 0.2) is 18.2 Å². The van der Waals surface area contributed by atoms with Gasteiger partial charge in [-0.1, -0.05) is 6.08 Å². The monoisotopic (exact) mass is 467 g/mol. The largest absolute Gasteiger partial charge is 0.493 e. The van der Waals surface area contributed by atoms with Crippen molar-refractivity contribution < 1.29 is 19.0 Å². The molecule has 2 aliphatic carbocycles. The number of rotatable bonds is 2. The molecule has 0 radical (unpaired) electrons. The number of carbonyl (C=O) groups is 1. The number of halogens is 1. The van der Waals surface area contributed by atoms with Crippen LogP contribution in [0.4, 0.5) is 0 Å². The van der Waals surface area contributed by atoms with E-state index in [1.165, 1.54) is 21.6 Å². The summed E-state index contributed by atoms with van der Waals surface area (Å²) >= 11 is 2.42. The van der Waals surface area contributed by atoms with E-state index in [0.717, 1.165) is 30.9 Å². The quantitative estimate of drug-likeness (QED) is 0.381. The highest BCUT2D eigenvalue weighted by molar-refractivity contribution is 14.1. The van der Waals surface area contributed by atoms with Crippen LogP contribution >= 0.6 is 22.6 Å². The molecule has 2 bridgehead atoms. The van der Waals surface area contributed by atoms with Crippen molar-refractivity contribution in [3.05, 3.63) is 32.9 Å². The molecule has 0 aromatic heterocycles. The van der Waals surface area contributed by atoms with Gasteiger partial charge in [-0.2, -0.15) is 0 Å². The van der Waals surface area contributed by atoms with Crippen molar-refractivity contribution in [1.29, 1.82) is 0 Å². The van der Waals surface area contributed by atoms with Crippen LogP contribution in [0.5, 0.6) is 11.5 Å². The zero-order valence-corrected chi connectivity index (χ0v) is 17.3. The fourth-order valence-corrected chi connectivity index (χ4v) is 6.46. The summed E-state index contributed by atoms with van der Waals surface area (Å²) in [5.74, 6) is 1.75. The van der Waals surface area contributed by atoms with Crippen molar-refractivity contribution in [2.75, 3.05) is 20.7 Å². The van der Waals surface area contributed by atoms with Crippen LogP contribution in [0.3, 0.4) is 0 Å². The summed E-state index contributed by atoms with van der Waals surface area (Å²) in [5, 5.41) is 0. The van der Waals surface area contributed by atoms with E-state index in [1.807, 2.05) is 6.08 Å². The fourth-order valence-electron chi connectivity index (χ4n) is 5.69. The molecule has 1 aromatic rings. The average molecular weight is 467 g/mol. The lowest BCUT2D eigenvalue weighted by Gasteiger charge is -2.56. The Morgan fingerprint density at radius 2 is 2.23 bits per heavy atom. The van der Waals surface area contributed by atoms with Crippen molar-refractivity contribution in [2.24, 2.45) is 5.92 Å². The number of carbonyl (C=O) groups excluding carboxylic acids is 1. The van der Waals surface area contributed by atoms with Crippen LogP contribution in [-0.2, 0) is 21.4 Å². The Labute approximate surface area is 166 Å². The van der Waals surface area contributed by atoms with Gasteiger partial charge in [-0.05, 0) is 66.7 Å². The van der Waals surface area contributed by atoms with E-state index in [-0.39, 0.29) is 23.6 Å². The molecule has 2 heterocycles. The van der Waals surface area contributed by atoms with Gasteiger partial charge in [0.25, 0.3) is 0 Å². The Morgan fingerprint density at radius 1 is 1.42 bits per heavy atom. The predicted molar refractivity (Wildman–Crippen MR) is 105 cm³/mol. The first-order valence-corrected chi connectivity index (χ1v) is 10.2. The molecule has 138 valence electrons. The zero-order chi connectivity index (χ0) is 18.2. The van der Waals surface area contributed by atoms with E-state index >= 15 is 0 Å². The first kappa shape index (κ1) is 16.9. The van der Waals surface area contributed by atoms with Crippen LogP contribution in [-0.4, -0.2) is 49.8 Å². The molecule has 2 aliphatic heterocycles. The highest BCUT2D eigenvalue weighted by atomic mass is 127. The number of likely N-dealkylation sites (N-methyl/N-ethyl adjacent to an activating group) is 1. The van der Waals surface area contributed by atoms with Gasteiger partial charge in [0.15, 0.2) is 17.6 Å². The third kappa shape index (κ3) is 1.97. The van der Waals surface area contributed by atoms with Gasteiger partial charge in [-0.15, -0.1) is 0 Å². The molecule has 0 amide bonds. The van der Waals surface area contributed by atoms with Crippen LogP contribution in [0.25, 0.3) is 0 Å². The maximum absolute atomic E-state index is 11.7. The summed E-state index contributed by atoms with van der Waals surface area (Å²) < 4.78 is 19.1. The maximum Gasteiger partial charge on any atom is 0.303 e. The molecule has 5 rings (SSSR count). The van der Waals surface area contributed by atoms with E-state index in [0.29, 0.717) is 12.0 Å². The Morgan fingerprint density at radius 3 is 2.96 bits per heavy atom. The van der Waals surface area contributed by atoms with E-state index in [4.69, 9.17) is 14.2 Å². The van der Waals surface area contributed by atoms with E-state index in [9.17, 15) is 4.79 Å². The van der Waals surface area contributed by atoms with Crippen molar-refractivity contribution >= 4 is 28.6 Å². The van der Waals surface area contributed by atoms with Crippen molar-refractivity contribution in [1.82, 2.24) is 4.90 Å². The van der Waals surface area contributed by atoms with Crippen LogP contribution in [0.1, 0.15) is 24.5 Å². The number of benzene rings is 1. The van der Waals surface area contributed by atoms with Crippen LogP contribution in [0.2, 0.25) is 0 Å². The van der Waals surface area contributed by atoms with E-state index in [1.54, 1.807) is 7.11 Å². The smallest absolute Gasteiger partial charge is 0.303 e. The highest BCUT2D eigenvalue weighted by Gasteiger charge is 2.65. The molecule has 26 heavy (non-hydrogen) atoms. The number of likely N-dealkylation sites (tertiary alicyclic amines) is 1. The molecule has 5 atom stereocenters. The molecule has 4 aliphatic rings. The van der Waals surface area contributed by atoms with Gasteiger partial charge in [-0.3, -0.25) is 4.79 Å². The Balaban J connectivity index is 1.77. The van der Waals surface area contributed by atoms with Crippen molar-refractivity contribution in [3.63, 3.8) is 0 Å². The van der Waals surface area contributed by atoms with Gasteiger partial charge in [0.1, 0.15) is 6.10 Å². The normalized spacial score (nSPS) is 36.3. The summed E-state index contributed by atoms with van der Waals surface area (Å²) in [6.07, 6.45) is 5.80. The number of piperidine rings is 1. The topological polar surface area (TPSA) is 48.0 Å². The number of ether oxygens (including phenoxy) is 3. The maximum atomic E-state index is 11.7. The van der Waals surface area contributed by atoms with Gasteiger partial charge >= 0.3 is 5.97 Å². The lowest BCUT2D eigenvalue weighted by atomic mass is 9.53. The summed E-state index contributed by atoms with van der Waals surface area (Å²) in [4.78, 5) is 14.2. The number of methoxy groups -OCH3 is 1. The summed E-state index contributed by atoms with van der Waals surface area (Å²) in [6, 6.07) is 2.53. The molecular weight excluding hydrogens is 445 g/mol. The molecule has 0 saturated carbocycles. The molecular formula is C20H22INO4. The molecule has 0 N–H and O–H groups in total. The number of hydrogen-bond acceptors (Lipinski definition) is 5. The Bertz CT molecular complexity index is 838. The first-order valence-electron chi connectivity index (χ1n) is 9.09. The van der Waals surface area contributed by atoms with E-state index < -0.39 is 0 Å². The number of hydrogen-bond donors (Lipinski definition) is 0. The first-order chi connectivity index (χ1) is 12.5. The molecule has 5 unspecified atom stereocenters. The minimum absolute atomic E-state index is 0.135. The average Bonchev–Trinajstić information content (AvgIpc) is 2.95.